The van der Waals surface area contributed by atoms with Gasteiger partial charge in [-0.3, -0.25) is 0 Å². The van der Waals surface area contributed by atoms with Crippen molar-refractivity contribution in [1.82, 2.24) is 0 Å². The number of halogens is 2. The molecule has 0 aliphatic rings. The van der Waals surface area contributed by atoms with Crippen LogP contribution in [0.2, 0.25) is 0 Å². The first kappa shape index (κ1) is 13.1. The van der Waals surface area contributed by atoms with Gasteiger partial charge >= 0.3 is 0 Å². The van der Waals surface area contributed by atoms with Crippen molar-refractivity contribution >= 4 is 9.84 Å². The molecule has 0 unspecified atom stereocenters. The zero-order chi connectivity index (χ0) is 12.2. The Hall–Kier alpha value is -1.01. The highest BCUT2D eigenvalue weighted by molar-refractivity contribution is 7.91. The predicted molar refractivity (Wildman–Crippen MR) is 56.7 cm³/mol. The van der Waals surface area contributed by atoms with Crippen LogP contribution in [-0.2, 0) is 9.84 Å². The lowest BCUT2D eigenvalue weighted by Crippen LogP contribution is -2.11. The van der Waals surface area contributed by atoms with Crippen LogP contribution in [0.4, 0.5) is 8.78 Å². The molecule has 16 heavy (non-hydrogen) atoms. The summed E-state index contributed by atoms with van der Waals surface area (Å²) in [4.78, 5) is -0.579. The van der Waals surface area contributed by atoms with Crippen LogP contribution in [0.25, 0.3) is 0 Å². The molecule has 1 rings (SSSR count). The number of benzene rings is 1. The summed E-state index contributed by atoms with van der Waals surface area (Å²) in [6.07, 6.45) is 0.880. The fraction of sp³-hybridized carbons (Fsp3) is 0.400. The van der Waals surface area contributed by atoms with E-state index in [1.54, 1.807) is 0 Å². The number of rotatable bonds is 5. The van der Waals surface area contributed by atoms with Gasteiger partial charge in [0.15, 0.2) is 9.84 Å². The van der Waals surface area contributed by atoms with Gasteiger partial charge in [0.2, 0.25) is 0 Å². The first-order valence-corrected chi connectivity index (χ1v) is 6.50. The molecule has 0 aliphatic heterocycles. The molecule has 6 heteroatoms. The summed E-state index contributed by atoms with van der Waals surface area (Å²) < 4.78 is 49.3. The first-order valence-electron chi connectivity index (χ1n) is 4.85. The van der Waals surface area contributed by atoms with Crippen molar-refractivity contribution in [2.75, 3.05) is 12.3 Å². The highest BCUT2D eigenvalue weighted by atomic mass is 32.2. The fourth-order valence-corrected chi connectivity index (χ4v) is 2.72. The molecule has 0 bridgehead atoms. The maximum absolute atomic E-state index is 13.2. The predicted octanol–water partition coefficient (Wildman–Crippen LogP) is 1.48. The van der Waals surface area contributed by atoms with Crippen LogP contribution in [0.5, 0.6) is 0 Å². The van der Waals surface area contributed by atoms with Gasteiger partial charge in [0.05, 0.1) is 5.75 Å². The molecule has 0 spiro atoms. The SMILES string of the molecule is NCCCCS(=O)(=O)c1cc(F)ccc1F. The van der Waals surface area contributed by atoms with Crippen molar-refractivity contribution in [2.24, 2.45) is 5.73 Å². The van der Waals surface area contributed by atoms with Gasteiger partial charge in [-0.25, -0.2) is 17.2 Å². The normalized spacial score (nSPS) is 11.7. The number of unbranched alkanes of at least 4 members (excludes halogenated alkanes) is 1. The molecular weight excluding hydrogens is 236 g/mol. The Morgan fingerprint density at radius 3 is 2.50 bits per heavy atom. The molecule has 0 atom stereocenters. The Morgan fingerprint density at radius 1 is 1.19 bits per heavy atom. The van der Waals surface area contributed by atoms with Crippen LogP contribution < -0.4 is 5.73 Å². The Kier molecular flexibility index (Phi) is 4.37. The fourth-order valence-electron chi connectivity index (χ4n) is 1.26. The monoisotopic (exact) mass is 249 g/mol. The Bertz CT molecular complexity index is 460. The van der Waals surface area contributed by atoms with E-state index in [9.17, 15) is 17.2 Å². The summed E-state index contributed by atoms with van der Waals surface area (Å²) in [6.45, 7) is 0.376. The van der Waals surface area contributed by atoms with Crippen molar-refractivity contribution in [3.63, 3.8) is 0 Å². The maximum Gasteiger partial charge on any atom is 0.181 e. The van der Waals surface area contributed by atoms with Crippen LogP contribution in [0.15, 0.2) is 23.1 Å². The summed E-state index contributed by atoms with van der Waals surface area (Å²) in [7, 11) is -3.76. The third-order valence-corrected chi connectivity index (χ3v) is 3.90. The second kappa shape index (κ2) is 5.36. The largest absolute Gasteiger partial charge is 0.330 e. The maximum atomic E-state index is 13.2. The van der Waals surface area contributed by atoms with Crippen LogP contribution in [0, 0.1) is 11.6 Å². The highest BCUT2D eigenvalue weighted by Crippen LogP contribution is 2.18. The van der Waals surface area contributed by atoms with Crippen LogP contribution in [-0.4, -0.2) is 20.7 Å². The molecule has 1 aromatic carbocycles. The van der Waals surface area contributed by atoms with Crippen LogP contribution in [0.3, 0.4) is 0 Å². The Balaban J connectivity index is 2.93. The summed E-state index contributed by atoms with van der Waals surface area (Å²) in [6, 6.07) is 2.40. The molecule has 3 nitrogen and oxygen atoms in total. The average Bonchev–Trinajstić information content (AvgIpc) is 2.22. The standard InChI is InChI=1S/C10H13F2NO2S/c11-8-3-4-9(12)10(7-8)16(14,15)6-2-1-5-13/h3-4,7H,1-2,5-6,13H2. The molecule has 0 heterocycles. The zero-order valence-corrected chi connectivity index (χ0v) is 9.43. The molecule has 0 aliphatic carbocycles. The smallest absolute Gasteiger partial charge is 0.181 e. The zero-order valence-electron chi connectivity index (χ0n) is 8.62. The van der Waals surface area contributed by atoms with Crippen molar-refractivity contribution in [3.8, 4) is 0 Å². The minimum Gasteiger partial charge on any atom is -0.330 e. The van der Waals surface area contributed by atoms with Gasteiger partial charge in [-0.1, -0.05) is 0 Å². The van der Waals surface area contributed by atoms with E-state index in [4.69, 9.17) is 5.73 Å². The quantitative estimate of drug-likeness (QED) is 0.804. The van der Waals surface area contributed by atoms with E-state index in [1.807, 2.05) is 0 Å². The molecule has 0 amide bonds. The van der Waals surface area contributed by atoms with Crippen molar-refractivity contribution in [3.05, 3.63) is 29.8 Å². The van der Waals surface area contributed by atoms with E-state index in [2.05, 4.69) is 0 Å². The number of hydrogen-bond donors (Lipinski definition) is 1. The molecule has 0 saturated heterocycles. The lowest BCUT2D eigenvalue weighted by Gasteiger charge is -2.05. The van der Waals surface area contributed by atoms with Crippen molar-refractivity contribution in [2.45, 2.75) is 17.7 Å². The second-order valence-electron chi connectivity index (χ2n) is 3.39. The van der Waals surface area contributed by atoms with Gasteiger partial charge in [0.1, 0.15) is 16.5 Å². The van der Waals surface area contributed by atoms with Gasteiger partial charge < -0.3 is 5.73 Å². The number of sulfone groups is 1. The minimum atomic E-state index is -3.76. The van der Waals surface area contributed by atoms with E-state index >= 15 is 0 Å². The van der Waals surface area contributed by atoms with E-state index < -0.39 is 26.4 Å². The third kappa shape index (κ3) is 3.24. The lowest BCUT2D eigenvalue weighted by atomic mass is 10.3. The molecule has 0 aromatic heterocycles. The number of hydrogen-bond acceptors (Lipinski definition) is 3. The van der Waals surface area contributed by atoms with E-state index in [1.165, 1.54) is 0 Å². The van der Waals surface area contributed by atoms with E-state index in [0.717, 1.165) is 12.1 Å². The number of nitrogens with two attached hydrogens (primary N) is 1. The van der Waals surface area contributed by atoms with Crippen molar-refractivity contribution in [1.29, 1.82) is 0 Å². The van der Waals surface area contributed by atoms with E-state index in [0.29, 0.717) is 25.5 Å². The van der Waals surface area contributed by atoms with Gasteiger partial charge in [0, 0.05) is 0 Å². The van der Waals surface area contributed by atoms with Crippen molar-refractivity contribution < 1.29 is 17.2 Å². The molecule has 0 fully saturated rings. The van der Waals surface area contributed by atoms with Gasteiger partial charge in [-0.2, -0.15) is 0 Å². The topological polar surface area (TPSA) is 60.2 Å². The summed E-state index contributed by atoms with van der Waals surface area (Å²) in [5.41, 5.74) is 5.22. The highest BCUT2D eigenvalue weighted by Gasteiger charge is 2.19. The van der Waals surface area contributed by atoms with Gasteiger partial charge in [0.25, 0.3) is 0 Å². The second-order valence-corrected chi connectivity index (χ2v) is 5.47. The summed E-state index contributed by atoms with van der Waals surface area (Å²) in [5, 5.41) is 0. The van der Waals surface area contributed by atoms with Gasteiger partial charge in [-0.15, -0.1) is 0 Å². The van der Waals surface area contributed by atoms with E-state index in [-0.39, 0.29) is 5.75 Å². The molecule has 90 valence electrons. The summed E-state index contributed by atoms with van der Waals surface area (Å²) >= 11 is 0. The average molecular weight is 249 g/mol. The summed E-state index contributed by atoms with van der Waals surface area (Å²) in [5.74, 6) is -1.90. The first-order chi connectivity index (χ1) is 7.47. The molecule has 0 saturated carbocycles. The lowest BCUT2D eigenvalue weighted by molar-refractivity contribution is 0.551. The Labute approximate surface area is 93.2 Å². The minimum absolute atomic E-state index is 0.218. The molecule has 1 aromatic rings. The molecule has 2 N–H and O–H groups in total. The van der Waals surface area contributed by atoms with Crippen LogP contribution in [0.1, 0.15) is 12.8 Å². The molecule has 0 radical (unpaired) electrons. The van der Waals surface area contributed by atoms with Gasteiger partial charge in [-0.05, 0) is 37.6 Å². The molecular formula is C10H13F2NO2S. The van der Waals surface area contributed by atoms with Crippen LogP contribution >= 0.6 is 0 Å². The third-order valence-electron chi connectivity index (χ3n) is 2.10. The Morgan fingerprint density at radius 2 is 1.88 bits per heavy atom.